The standard InChI is InChI=1S/C13H14N2O/c1-16-13-7-3-6-12(9-13)15-11-5-2-4-10(14)8-11/h2-9,15H,14H2,1H3. The van der Waals surface area contributed by atoms with Gasteiger partial charge < -0.3 is 15.8 Å². The monoisotopic (exact) mass is 214 g/mol. The van der Waals surface area contributed by atoms with Crippen molar-refractivity contribution in [3.8, 4) is 5.75 Å². The van der Waals surface area contributed by atoms with Crippen molar-refractivity contribution in [2.24, 2.45) is 0 Å². The maximum atomic E-state index is 5.70. The average molecular weight is 214 g/mol. The number of nitrogens with one attached hydrogen (secondary N) is 1. The molecule has 0 aliphatic heterocycles. The maximum absolute atomic E-state index is 5.70. The summed E-state index contributed by atoms with van der Waals surface area (Å²) < 4.78 is 5.15. The van der Waals surface area contributed by atoms with E-state index in [1.807, 2.05) is 48.5 Å². The van der Waals surface area contributed by atoms with Crippen LogP contribution in [0.5, 0.6) is 5.75 Å². The molecule has 0 saturated heterocycles. The third-order valence-electron chi connectivity index (χ3n) is 2.25. The molecule has 2 aromatic rings. The van der Waals surface area contributed by atoms with E-state index in [9.17, 15) is 0 Å². The largest absolute Gasteiger partial charge is 0.497 e. The lowest BCUT2D eigenvalue weighted by Gasteiger charge is -2.08. The van der Waals surface area contributed by atoms with Crippen LogP contribution >= 0.6 is 0 Å². The highest BCUT2D eigenvalue weighted by Crippen LogP contribution is 2.22. The number of nitrogens with two attached hydrogens (primary N) is 1. The Labute approximate surface area is 94.9 Å². The van der Waals surface area contributed by atoms with E-state index in [0.717, 1.165) is 22.8 Å². The molecule has 0 atom stereocenters. The first kappa shape index (κ1) is 10.4. The summed E-state index contributed by atoms with van der Waals surface area (Å²) in [4.78, 5) is 0. The molecule has 82 valence electrons. The van der Waals surface area contributed by atoms with Gasteiger partial charge in [-0.25, -0.2) is 0 Å². The SMILES string of the molecule is COc1cccc(Nc2cccc(N)c2)c1. The Morgan fingerprint density at radius 3 is 2.38 bits per heavy atom. The Morgan fingerprint density at radius 2 is 1.69 bits per heavy atom. The first-order chi connectivity index (χ1) is 7.78. The molecule has 0 unspecified atom stereocenters. The lowest BCUT2D eigenvalue weighted by molar-refractivity contribution is 0.415. The maximum Gasteiger partial charge on any atom is 0.120 e. The van der Waals surface area contributed by atoms with E-state index in [1.165, 1.54) is 0 Å². The number of ether oxygens (including phenoxy) is 1. The van der Waals surface area contributed by atoms with Crippen LogP contribution in [0, 0.1) is 0 Å². The summed E-state index contributed by atoms with van der Waals surface area (Å²) in [6.07, 6.45) is 0. The summed E-state index contributed by atoms with van der Waals surface area (Å²) in [7, 11) is 1.65. The molecule has 16 heavy (non-hydrogen) atoms. The fraction of sp³-hybridized carbons (Fsp3) is 0.0769. The Morgan fingerprint density at radius 1 is 1.00 bits per heavy atom. The van der Waals surface area contributed by atoms with Crippen LogP contribution in [0.15, 0.2) is 48.5 Å². The third-order valence-corrected chi connectivity index (χ3v) is 2.25. The average Bonchev–Trinajstić information content (AvgIpc) is 2.29. The van der Waals surface area contributed by atoms with Gasteiger partial charge in [0, 0.05) is 23.1 Å². The van der Waals surface area contributed by atoms with Gasteiger partial charge in [0.25, 0.3) is 0 Å². The summed E-state index contributed by atoms with van der Waals surface area (Å²) in [6, 6.07) is 15.4. The van der Waals surface area contributed by atoms with Gasteiger partial charge in [-0.15, -0.1) is 0 Å². The summed E-state index contributed by atoms with van der Waals surface area (Å²) in [5, 5.41) is 3.26. The first-order valence-corrected chi connectivity index (χ1v) is 5.04. The Bertz CT molecular complexity index is 483. The van der Waals surface area contributed by atoms with Crippen LogP contribution < -0.4 is 15.8 Å². The molecule has 3 nitrogen and oxygen atoms in total. The highest BCUT2D eigenvalue weighted by atomic mass is 16.5. The third kappa shape index (κ3) is 2.45. The number of benzene rings is 2. The molecule has 3 heteroatoms. The van der Waals surface area contributed by atoms with Crippen LogP contribution in [0.25, 0.3) is 0 Å². The molecule has 0 aliphatic carbocycles. The van der Waals surface area contributed by atoms with Gasteiger partial charge in [0.15, 0.2) is 0 Å². The van der Waals surface area contributed by atoms with Gasteiger partial charge in [0.05, 0.1) is 7.11 Å². The lowest BCUT2D eigenvalue weighted by Crippen LogP contribution is -1.92. The van der Waals surface area contributed by atoms with E-state index in [-0.39, 0.29) is 0 Å². The van der Waals surface area contributed by atoms with Gasteiger partial charge in [-0.3, -0.25) is 0 Å². The Hall–Kier alpha value is -2.16. The minimum absolute atomic E-state index is 0.743. The van der Waals surface area contributed by atoms with Gasteiger partial charge in [-0.05, 0) is 30.3 Å². The Kier molecular flexibility index (Phi) is 2.96. The van der Waals surface area contributed by atoms with Crippen LogP contribution in [-0.2, 0) is 0 Å². The Balaban J connectivity index is 2.20. The van der Waals surface area contributed by atoms with Gasteiger partial charge in [0.2, 0.25) is 0 Å². The number of hydrogen-bond donors (Lipinski definition) is 2. The molecule has 0 bridgehead atoms. The molecule has 0 radical (unpaired) electrons. The zero-order valence-corrected chi connectivity index (χ0v) is 9.10. The van der Waals surface area contributed by atoms with Crippen molar-refractivity contribution in [2.45, 2.75) is 0 Å². The van der Waals surface area contributed by atoms with Gasteiger partial charge >= 0.3 is 0 Å². The van der Waals surface area contributed by atoms with Crippen molar-refractivity contribution >= 4 is 17.1 Å². The van der Waals surface area contributed by atoms with E-state index in [4.69, 9.17) is 10.5 Å². The van der Waals surface area contributed by atoms with Crippen LogP contribution in [-0.4, -0.2) is 7.11 Å². The van der Waals surface area contributed by atoms with Gasteiger partial charge in [-0.1, -0.05) is 12.1 Å². The highest BCUT2D eigenvalue weighted by molar-refractivity contribution is 5.64. The molecule has 0 spiro atoms. The van der Waals surface area contributed by atoms with Crippen LogP contribution in [0.1, 0.15) is 0 Å². The molecule has 0 heterocycles. The van der Waals surface area contributed by atoms with Crippen LogP contribution in [0.3, 0.4) is 0 Å². The van der Waals surface area contributed by atoms with Crippen molar-refractivity contribution in [2.75, 3.05) is 18.2 Å². The molecular formula is C13H14N2O. The summed E-state index contributed by atoms with van der Waals surface area (Å²) >= 11 is 0. The molecule has 0 fully saturated rings. The van der Waals surface area contributed by atoms with Crippen molar-refractivity contribution in [3.63, 3.8) is 0 Å². The second-order valence-electron chi connectivity index (χ2n) is 3.48. The quantitative estimate of drug-likeness (QED) is 0.772. The van der Waals surface area contributed by atoms with Gasteiger partial charge in [0.1, 0.15) is 5.75 Å². The molecular weight excluding hydrogens is 200 g/mol. The van der Waals surface area contributed by atoms with Gasteiger partial charge in [-0.2, -0.15) is 0 Å². The minimum Gasteiger partial charge on any atom is -0.497 e. The summed E-state index contributed by atoms with van der Waals surface area (Å²) in [5.74, 6) is 0.828. The minimum atomic E-state index is 0.743. The van der Waals surface area contributed by atoms with Crippen LogP contribution in [0.4, 0.5) is 17.1 Å². The lowest BCUT2D eigenvalue weighted by atomic mass is 10.2. The fourth-order valence-corrected chi connectivity index (χ4v) is 1.48. The van der Waals surface area contributed by atoms with E-state index in [2.05, 4.69) is 5.32 Å². The smallest absolute Gasteiger partial charge is 0.120 e. The topological polar surface area (TPSA) is 47.3 Å². The molecule has 2 aromatic carbocycles. The first-order valence-electron chi connectivity index (χ1n) is 5.04. The van der Waals surface area contributed by atoms with Crippen LogP contribution in [0.2, 0.25) is 0 Å². The molecule has 0 amide bonds. The summed E-state index contributed by atoms with van der Waals surface area (Å²) in [6.45, 7) is 0. The fourth-order valence-electron chi connectivity index (χ4n) is 1.48. The highest BCUT2D eigenvalue weighted by Gasteiger charge is 1.96. The predicted octanol–water partition coefficient (Wildman–Crippen LogP) is 3.02. The van der Waals surface area contributed by atoms with Crippen molar-refractivity contribution < 1.29 is 4.74 Å². The summed E-state index contributed by atoms with van der Waals surface area (Å²) in [5.41, 5.74) is 8.39. The van der Waals surface area contributed by atoms with Crippen molar-refractivity contribution in [3.05, 3.63) is 48.5 Å². The molecule has 3 N–H and O–H groups in total. The van der Waals surface area contributed by atoms with E-state index in [1.54, 1.807) is 7.11 Å². The second-order valence-corrected chi connectivity index (χ2v) is 3.48. The van der Waals surface area contributed by atoms with E-state index in [0.29, 0.717) is 0 Å². The number of rotatable bonds is 3. The number of nitrogen functional groups attached to an aromatic ring is 1. The predicted molar refractivity (Wildman–Crippen MR) is 67.1 cm³/mol. The number of hydrogen-bond acceptors (Lipinski definition) is 3. The second kappa shape index (κ2) is 4.57. The number of anilines is 3. The zero-order chi connectivity index (χ0) is 11.4. The molecule has 0 aromatic heterocycles. The number of methoxy groups -OCH3 is 1. The van der Waals surface area contributed by atoms with Crippen molar-refractivity contribution in [1.82, 2.24) is 0 Å². The van der Waals surface area contributed by atoms with Crippen molar-refractivity contribution in [1.29, 1.82) is 0 Å². The molecule has 0 saturated carbocycles. The van der Waals surface area contributed by atoms with E-state index < -0.39 is 0 Å². The molecule has 0 aliphatic rings. The van der Waals surface area contributed by atoms with E-state index >= 15 is 0 Å². The zero-order valence-electron chi connectivity index (χ0n) is 9.10. The molecule has 2 rings (SSSR count). The normalized spacial score (nSPS) is 9.81.